The molecule has 0 spiro atoms. The van der Waals surface area contributed by atoms with Gasteiger partial charge in [-0.3, -0.25) is 4.68 Å². The first-order chi connectivity index (χ1) is 11.9. The number of urea groups is 1. The van der Waals surface area contributed by atoms with E-state index in [9.17, 15) is 4.79 Å². The fraction of sp³-hybridized carbons (Fsp3) is 0.789. The fourth-order valence-electron chi connectivity index (χ4n) is 5.87. The number of rotatable bonds is 5. The molecule has 0 aromatic carbocycles. The SMILES string of the molecule is Cc1nn(CCCNC(=O)NC23CC4CC(CC(C4)C2)C3)c(C)c1Br. The Hall–Kier alpha value is -1.04. The van der Waals surface area contributed by atoms with Crippen molar-refractivity contribution in [2.45, 2.75) is 70.9 Å². The highest BCUT2D eigenvalue weighted by Crippen LogP contribution is 2.55. The molecule has 25 heavy (non-hydrogen) atoms. The van der Waals surface area contributed by atoms with Crippen LogP contribution in [0.4, 0.5) is 4.79 Å². The third kappa shape index (κ3) is 3.46. The molecule has 6 heteroatoms. The topological polar surface area (TPSA) is 59.0 Å². The second-order valence-corrected chi connectivity index (χ2v) is 9.43. The zero-order chi connectivity index (χ0) is 17.6. The van der Waals surface area contributed by atoms with Gasteiger partial charge in [-0.25, -0.2) is 4.79 Å². The number of carbonyl (C=O) groups excluding carboxylic acids is 1. The molecule has 4 aliphatic carbocycles. The lowest BCUT2D eigenvalue weighted by Gasteiger charge is -2.56. The van der Waals surface area contributed by atoms with Crippen LogP contribution in [-0.2, 0) is 6.54 Å². The quantitative estimate of drug-likeness (QED) is 0.725. The van der Waals surface area contributed by atoms with Gasteiger partial charge in [-0.05, 0) is 92.5 Å². The van der Waals surface area contributed by atoms with Crippen molar-refractivity contribution >= 4 is 22.0 Å². The Kier molecular flexibility index (Phi) is 4.59. The Labute approximate surface area is 158 Å². The van der Waals surface area contributed by atoms with Crippen molar-refractivity contribution in [2.75, 3.05) is 6.54 Å². The standard InChI is InChI=1S/C19H29BrN4O/c1-12-17(20)13(2)24(23-12)5-3-4-21-18(25)22-19-9-14-6-15(10-19)8-16(7-14)11-19/h14-16H,3-11H2,1-2H3,(H2,21,22,25). The van der Waals surface area contributed by atoms with Crippen LogP contribution in [0.15, 0.2) is 4.47 Å². The van der Waals surface area contributed by atoms with Gasteiger partial charge in [-0.2, -0.15) is 5.10 Å². The van der Waals surface area contributed by atoms with Crippen molar-refractivity contribution in [2.24, 2.45) is 17.8 Å². The minimum atomic E-state index is 0.0245. The second kappa shape index (κ2) is 6.60. The maximum atomic E-state index is 12.4. The van der Waals surface area contributed by atoms with Crippen molar-refractivity contribution in [3.8, 4) is 0 Å². The maximum absolute atomic E-state index is 12.4. The van der Waals surface area contributed by atoms with E-state index in [1.165, 1.54) is 38.5 Å². The van der Waals surface area contributed by atoms with Crippen LogP contribution in [0.5, 0.6) is 0 Å². The maximum Gasteiger partial charge on any atom is 0.315 e. The molecule has 1 heterocycles. The van der Waals surface area contributed by atoms with Gasteiger partial charge in [0.15, 0.2) is 0 Å². The van der Waals surface area contributed by atoms with Crippen molar-refractivity contribution < 1.29 is 4.79 Å². The Morgan fingerprint density at radius 2 is 1.80 bits per heavy atom. The molecular formula is C19H29BrN4O. The third-order valence-corrected chi connectivity index (χ3v) is 7.69. The molecule has 4 bridgehead atoms. The Balaban J connectivity index is 1.24. The molecule has 1 aromatic rings. The summed E-state index contributed by atoms with van der Waals surface area (Å²) in [7, 11) is 0. The van der Waals surface area contributed by atoms with Gasteiger partial charge in [-0.15, -0.1) is 0 Å². The lowest BCUT2D eigenvalue weighted by Crippen LogP contribution is -2.61. The van der Waals surface area contributed by atoms with E-state index in [0.29, 0.717) is 6.54 Å². The molecule has 2 N–H and O–H groups in total. The molecule has 0 radical (unpaired) electrons. The molecule has 0 aliphatic heterocycles. The molecular weight excluding hydrogens is 380 g/mol. The molecule has 2 amide bonds. The van der Waals surface area contributed by atoms with E-state index in [1.807, 2.05) is 11.6 Å². The number of nitrogens with zero attached hydrogens (tertiary/aromatic N) is 2. The zero-order valence-electron chi connectivity index (χ0n) is 15.3. The summed E-state index contributed by atoms with van der Waals surface area (Å²) < 4.78 is 3.10. The summed E-state index contributed by atoms with van der Waals surface area (Å²) in [6, 6.07) is 0.0245. The van der Waals surface area contributed by atoms with Crippen LogP contribution in [0.25, 0.3) is 0 Å². The number of carbonyl (C=O) groups is 1. The van der Waals surface area contributed by atoms with Crippen molar-refractivity contribution in [1.82, 2.24) is 20.4 Å². The first kappa shape index (κ1) is 17.4. The number of amides is 2. The van der Waals surface area contributed by atoms with Crippen LogP contribution in [0, 0.1) is 31.6 Å². The number of aromatic nitrogens is 2. The van der Waals surface area contributed by atoms with Gasteiger partial charge in [0.05, 0.1) is 10.2 Å². The fourth-order valence-corrected chi connectivity index (χ4v) is 6.16. The predicted molar refractivity (Wildman–Crippen MR) is 101 cm³/mol. The highest BCUT2D eigenvalue weighted by Gasteiger charge is 2.51. The minimum absolute atomic E-state index is 0.0245. The summed E-state index contributed by atoms with van der Waals surface area (Å²) in [5.74, 6) is 2.57. The first-order valence-electron chi connectivity index (χ1n) is 9.69. The molecule has 5 nitrogen and oxygen atoms in total. The highest BCUT2D eigenvalue weighted by molar-refractivity contribution is 9.10. The molecule has 0 saturated heterocycles. The Bertz CT molecular complexity index is 633. The van der Waals surface area contributed by atoms with E-state index < -0.39 is 0 Å². The van der Waals surface area contributed by atoms with Crippen molar-refractivity contribution in [3.05, 3.63) is 15.9 Å². The van der Waals surface area contributed by atoms with E-state index in [4.69, 9.17) is 0 Å². The first-order valence-corrected chi connectivity index (χ1v) is 10.5. The average Bonchev–Trinajstić information content (AvgIpc) is 2.77. The molecule has 4 saturated carbocycles. The van der Waals surface area contributed by atoms with Gasteiger partial charge in [-0.1, -0.05) is 0 Å². The lowest BCUT2D eigenvalue weighted by molar-refractivity contribution is -0.0135. The smallest absolute Gasteiger partial charge is 0.315 e. The zero-order valence-corrected chi connectivity index (χ0v) is 16.9. The minimum Gasteiger partial charge on any atom is -0.338 e. The van der Waals surface area contributed by atoms with Crippen LogP contribution in [0.1, 0.15) is 56.3 Å². The van der Waals surface area contributed by atoms with E-state index >= 15 is 0 Å². The molecule has 4 fully saturated rings. The summed E-state index contributed by atoms with van der Waals surface area (Å²) in [5.41, 5.74) is 2.26. The van der Waals surface area contributed by atoms with Crippen LogP contribution in [0.3, 0.4) is 0 Å². The summed E-state index contributed by atoms with van der Waals surface area (Å²) in [6.45, 7) is 5.59. The molecule has 5 rings (SSSR count). The summed E-state index contributed by atoms with van der Waals surface area (Å²) in [5, 5.41) is 10.9. The Morgan fingerprint density at radius 3 is 2.32 bits per heavy atom. The second-order valence-electron chi connectivity index (χ2n) is 8.64. The monoisotopic (exact) mass is 408 g/mol. The molecule has 0 atom stereocenters. The van der Waals surface area contributed by atoms with Crippen LogP contribution >= 0.6 is 15.9 Å². The van der Waals surface area contributed by atoms with Gasteiger partial charge in [0.25, 0.3) is 0 Å². The molecule has 138 valence electrons. The molecule has 0 unspecified atom stereocenters. The average molecular weight is 409 g/mol. The lowest BCUT2D eigenvalue weighted by atomic mass is 9.53. The van der Waals surface area contributed by atoms with Gasteiger partial charge in [0.2, 0.25) is 0 Å². The van der Waals surface area contributed by atoms with E-state index in [2.05, 4.69) is 38.6 Å². The van der Waals surface area contributed by atoms with Gasteiger partial charge in [0, 0.05) is 24.3 Å². The third-order valence-electron chi connectivity index (χ3n) is 6.54. The van der Waals surface area contributed by atoms with E-state index in [1.54, 1.807) is 0 Å². The van der Waals surface area contributed by atoms with Crippen molar-refractivity contribution in [3.63, 3.8) is 0 Å². The Morgan fingerprint density at radius 1 is 1.20 bits per heavy atom. The van der Waals surface area contributed by atoms with Gasteiger partial charge in [0.1, 0.15) is 0 Å². The summed E-state index contributed by atoms with van der Waals surface area (Å²) >= 11 is 3.56. The van der Waals surface area contributed by atoms with Gasteiger partial charge >= 0.3 is 6.03 Å². The number of halogens is 1. The number of aryl methyl sites for hydroxylation is 2. The van der Waals surface area contributed by atoms with Gasteiger partial charge < -0.3 is 10.6 Å². The van der Waals surface area contributed by atoms with Crippen LogP contribution in [0.2, 0.25) is 0 Å². The van der Waals surface area contributed by atoms with Crippen LogP contribution < -0.4 is 10.6 Å². The molecule has 1 aromatic heterocycles. The summed E-state index contributed by atoms with van der Waals surface area (Å²) in [6.07, 6.45) is 8.70. The number of hydrogen-bond acceptors (Lipinski definition) is 2. The highest BCUT2D eigenvalue weighted by atomic mass is 79.9. The molecule has 4 aliphatic rings. The number of nitrogens with one attached hydrogen (secondary N) is 2. The van der Waals surface area contributed by atoms with Crippen molar-refractivity contribution in [1.29, 1.82) is 0 Å². The van der Waals surface area contributed by atoms with E-state index in [-0.39, 0.29) is 11.6 Å². The van der Waals surface area contributed by atoms with Crippen LogP contribution in [-0.4, -0.2) is 27.9 Å². The number of hydrogen-bond donors (Lipinski definition) is 2. The summed E-state index contributed by atoms with van der Waals surface area (Å²) in [4.78, 5) is 12.4. The normalized spacial score (nSPS) is 32.8. The van der Waals surface area contributed by atoms with E-state index in [0.717, 1.165) is 46.6 Å². The predicted octanol–water partition coefficient (Wildman–Crippen LogP) is 3.92. The largest absolute Gasteiger partial charge is 0.338 e.